The molecule has 0 unspecified atom stereocenters. The molecule has 1 aliphatic heterocycles. The van der Waals surface area contributed by atoms with Crippen molar-refractivity contribution in [2.45, 2.75) is 13.3 Å². The minimum absolute atomic E-state index is 0.225. The highest BCUT2D eigenvalue weighted by Crippen LogP contribution is 2.20. The molecule has 1 aliphatic rings. The van der Waals surface area contributed by atoms with Crippen LogP contribution in [0.3, 0.4) is 0 Å². The van der Waals surface area contributed by atoms with E-state index >= 15 is 0 Å². The van der Waals surface area contributed by atoms with Crippen LogP contribution in [0, 0.1) is 0 Å². The van der Waals surface area contributed by atoms with Crippen LogP contribution in [0.2, 0.25) is 0 Å². The van der Waals surface area contributed by atoms with Crippen molar-refractivity contribution in [2.75, 3.05) is 6.80 Å². The molecule has 5 nitrogen and oxygen atoms in total. The normalized spacial score (nSPS) is 18.5. The summed E-state index contributed by atoms with van der Waals surface area (Å²) < 4.78 is 19.9. The van der Waals surface area contributed by atoms with Crippen LogP contribution in [0.15, 0.2) is 46.3 Å². The van der Waals surface area contributed by atoms with Gasteiger partial charge in [0.1, 0.15) is 11.3 Å². The lowest BCUT2D eigenvalue weighted by atomic mass is 10.2. The Morgan fingerprint density at radius 2 is 2.33 bits per heavy atom. The lowest BCUT2D eigenvalue weighted by Gasteiger charge is -2.02. The molecule has 0 amide bonds. The van der Waals surface area contributed by atoms with Crippen molar-refractivity contribution in [3.05, 3.63) is 41.9 Å². The molecule has 3 heterocycles. The number of fused-ring (bicyclic) bond motifs is 1. The van der Waals surface area contributed by atoms with Gasteiger partial charge in [-0.3, -0.25) is 0 Å². The minimum Gasteiger partial charge on any atom is -0.418 e. The first kappa shape index (κ1) is 13.5. The van der Waals surface area contributed by atoms with Crippen molar-refractivity contribution < 1.29 is 9.13 Å². The summed E-state index contributed by atoms with van der Waals surface area (Å²) >= 11 is 0. The number of halogens is 1. The number of pyridine rings is 1. The topological polar surface area (TPSA) is 51.8 Å². The van der Waals surface area contributed by atoms with Gasteiger partial charge in [-0.2, -0.15) is 0 Å². The molecule has 0 aliphatic carbocycles. The Morgan fingerprint density at radius 3 is 3.10 bits per heavy atom. The maximum atomic E-state index is 12.4. The Hall–Kier alpha value is -2.50. The van der Waals surface area contributed by atoms with E-state index in [-0.39, 0.29) is 5.90 Å². The van der Waals surface area contributed by atoms with Gasteiger partial charge in [0.15, 0.2) is 6.80 Å². The van der Waals surface area contributed by atoms with Crippen LogP contribution in [-0.2, 0) is 11.8 Å². The van der Waals surface area contributed by atoms with Gasteiger partial charge in [0.05, 0.1) is 5.56 Å². The summed E-state index contributed by atoms with van der Waals surface area (Å²) in [7, 11) is 1.94. The molecular weight excluding hydrogens is 271 g/mol. The van der Waals surface area contributed by atoms with Crippen LogP contribution in [0.4, 0.5) is 4.39 Å². The number of ether oxygens (including phenoxy) is 1. The number of aliphatic imine (C=N–C) groups is 2. The summed E-state index contributed by atoms with van der Waals surface area (Å²) in [5.41, 5.74) is 2.21. The molecule has 6 heteroatoms. The summed E-state index contributed by atoms with van der Waals surface area (Å²) in [6.07, 6.45) is 6.27. The second-order valence-electron chi connectivity index (χ2n) is 4.66. The van der Waals surface area contributed by atoms with Gasteiger partial charge in [0.25, 0.3) is 0 Å². The molecule has 2 aromatic heterocycles. The maximum Gasteiger partial charge on any atom is 0.245 e. The summed E-state index contributed by atoms with van der Waals surface area (Å²) in [5.74, 6) is 0.627. The predicted octanol–water partition coefficient (Wildman–Crippen LogP) is 2.97. The van der Waals surface area contributed by atoms with E-state index in [1.807, 2.05) is 42.9 Å². The van der Waals surface area contributed by atoms with Crippen LogP contribution < -0.4 is 0 Å². The van der Waals surface area contributed by atoms with Crippen LogP contribution in [0.25, 0.3) is 11.0 Å². The number of hydrogen-bond donors (Lipinski definition) is 0. The van der Waals surface area contributed by atoms with Crippen LogP contribution >= 0.6 is 0 Å². The molecule has 0 radical (unpaired) electrons. The van der Waals surface area contributed by atoms with Crippen LogP contribution in [0.1, 0.15) is 18.9 Å². The van der Waals surface area contributed by atoms with Gasteiger partial charge < -0.3 is 9.30 Å². The van der Waals surface area contributed by atoms with E-state index in [0.29, 0.717) is 11.6 Å². The fourth-order valence-electron chi connectivity index (χ4n) is 2.21. The fraction of sp³-hybridized carbons (Fsp3) is 0.267. The lowest BCUT2D eigenvalue weighted by molar-refractivity contribution is 0.491. The van der Waals surface area contributed by atoms with Gasteiger partial charge in [0, 0.05) is 24.8 Å². The van der Waals surface area contributed by atoms with Gasteiger partial charge in [-0.05, 0) is 18.6 Å². The van der Waals surface area contributed by atoms with Gasteiger partial charge >= 0.3 is 0 Å². The SMILES string of the molecule is CCC=C1N=C(c2cnc3c(ccn3C)c2)OC1=NCF. The first-order valence-electron chi connectivity index (χ1n) is 6.72. The van der Waals surface area contributed by atoms with Crippen molar-refractivity contribution in [3.63, 3.8) is 0 Å². The van der Waals surface area contributed by atoms with Crippen LogP contribution in [-0.4, -0.2) is 28.1 Å². The largest absolute Gasteiger partial charge is 0.418 e. The molecule has 0 atom stereocenters. The Bertz CT molecular complexity index is 773. The monoisotopic (exact) mass is 286 g/mol. The zero-order chi connectivity index (χ0) is 14.8. The van der Waals surface area contributed by atoms with Gasteiger partial charge in [-0.25, -0.2) is 19.4 Å². The third-order valence-electron chi connectivity index (χ3n) is 3.19. The molecule has 0 saturated carbocycles. The molecule has 0 fully saturated rings. The molecule has 0 bridgehead atoms. The number of aromatic nitrogens is 2. The number of nitrogens with zero attached hydrogens (tertiary/aromatic N) is 4. The Balaban J connectivity index is 2.00. The zero-order valence-electron chi connectivity index (χ0n) is 11.9. The quantitative estimate of drug-likeness (QED) is 0.814. The second-order valence-corrected chi connectivity index (χ2v) is 4.66. The molecule has 2 aromatic rings. The first-order valence-corrected chi connectivity index (χ1v) is 6.72. The van der Waals surface area contributed by atoms with Crippen molar-refractivity contribution in [1.29, 1.82) is 0 Å². The second kappa shape index (κ2) is 5.47. The Labute approximate surface area is 121 Å². The summed E-state index contributed by atoms with van der Waals surface area (Å²) in [5, 5.41) is 0.998. The minimum atomic E-state index is -0.824. The Kier molecular flexibility index (Phi) is 3.51. The zero-order valence-corrected chi connectivity index (χ0v) is 11.9. The molecular formula is C15H15FN4O. The van der Waals surface area contributed by atoms with Gasteiger partial charge in [-0.15, -0.1) is 0 Å². The average Bonchev–Trinajstić information content (AvgIpc) is 3.05. The van der Waals surface area contributed by atoms with Crippen molar-refractivity contribution >= 4 is 22.8 Å². The summed E-state index contributed by atoms with van der Waals surface area (Å²) in [4.78, 5) is 12.5. The van der Waals surface area contributed by atoms with E-state index in [0.717, 1.165) is 23.0 Å². The van der Waals surface area contributed by atoms with E-state index in [4.69, 9.17) is 4.74 Å². The smallest absolute Gasteiger partial charge is 0.245 e. The molecule has 0 aromatic carbocycles. The third-order valence-corrected chi connectivity index (χ3v) is 3.19. The molecule has 0 saturated heterocycles. The van der Waals surface area contributed by atoms with E-state index in [9.17, 15) is 4.39 Å². The van der Waals surface area contributed by atoms with Crippen molar-refractivity contribution in [1.82, 2.24) is 9.55 Å². The maximum absolute atomic E-state index is 12.4. The van der Waals surface area contributed by atoms with Gasteiger partial charge in [0.2, 0.25) is 11.8 Å². The number of aryl methyl sites for hydroxylation is 1. The molecule has 0 spiro atoms. The van der Waals surface area contributed by atoms with Crippen molar-refractivity contribution in [2.24, 2.45) is 17.0 Å². The standard InChI is InChI=1S/C15H15FN4O/c1-3-4-12-15(18-9-16)21-14(19-12)11-7-10-5-6-20(2)13(10)17-8-11/h4-8H,3,9H2,1-2H3. The van der Waals surface area contributed by atoms with E-state index in [1.165, 1.54) is 0 Å². The molecule has 0 N–H and O–H groups in total. The molecule has 108 valence electrons. The van der Waals surface area contributed by atoms with Crippen LogP contribution in [0.5, 0.6) is 0 Å². The number of rotatable bonds is 3. The highest BCUT2D eigenvalue weighted by Gasteiger charge is 2.22. The van der Waals surface area contributed by atoms with E-state index < -0.39 is 6.80 Å². The fourth-order valence-corrected chi connectivity index (χ4v) is 2.21. The summed E-state index contributed by atoms with van der Waals surface area (Å²) in [6, 6.07) is 3.92. The van der Waals surface area contributed by atoms with Crippen molar-refractivity contribution in [3.8, 4) is 0 Å². The molecule has 21 heavy (non-hydrogen) atoms. The predicted molar refractivity (Wildman–Crippen MR) is 80.1 cm³/mol. The highest BCUT2D eigenvalue weighted by atomic mass is 19.1. The summed E-state index contributed by atoms with van der Waals surface area (Å²) in [6.45, 7) is 1.15. The Morgan fingerprint density at radius 1 is 1.48 bits per heavy atom. The lowest BCUT2D eigenvalue weighted by Crippen LogP contribution is -2.07. The third kappa shape index (κ3) is 2.44. The van der Waals surface area contributed by atoms with E-state index in [2.05, 4.69) is 15.0 Å². The highest BCUT2D eigenvalue weighted by molar-refractivity contribution is 6.13. The average molecular weight is 286 g/mol. The first-order chi connectivity index (χ1) is 10.2. The number of hydrogen-bond acceptors (Lipinski definition) is 4. The molecule has 3 rings (SSSR count). The number of alkyl halides is 1. The number of allylic oxidation sites excluding steroid dienone is 1. The van der Waals surface area contributed by atoms with Gasteiger partial charge in [-0.1, -0.05) is 13.0 Å². The van der Waals surface area contributed by atoms with E-state index in [1.54, 1.807) is 6.20 Å².